The molecule has 0 radical (unpaired) electrons. The van der Waals surface area contributed by atoms with Crippen LogP contribution >= 0.6 is 0 Å². The summed E-state index contributed by atoms with van der Waals surface area (Å²) in [5.74, 6) is 0. The quantitative estimate of drug-likeness (QED) is 0.398. The molecule has 0 bridgehead atoms. The number of hydrogen-bond donors (Lipinski definition) is 4. The molecule has 0 aliphatic rings. The van der Waals surface area contributed by atoms with Crippen molar-refractivity contribution in [2.45, 2.75) is 31.3 Å². The van der Waals surface area contributed by atoms with Crippen molar-refractivity contribution in [3.8, 4) is 0 Å². The Labute approximate surface area is 72.8 Å². The van der Waals surface area contributed by atoms with E-state index in [1.165, 1.54) is 11.8 Å². The Kier molecular flexibility index (Phi) is 5.08. The molecule has 5 heteroatoms. The Morgan fingerprint density at radius 1 is 1.09 bits per heavy atom. The molecular formula is C6H12O4Se. The van der Waals surface area contributed by atoms with E-state index in [0.717, 1.165) is 0 Å². The monoisotopic (exact) mass is 228 g/mol. The van der Waals surface area contributed by atoms with E-state index in [1.807, 2.05) is 0 Å². The van der Waals surface area contributed by atoms with Crippen molar-refractivity contribution in [3.63, 3.8) is 0 Å². The molecule has 4 nitrogen and oxygen atoms in total. The summed E-state index contributed by atoms with van der Waals surface area (Å²) in [6, 6.07) is 0. The maximum atomic E-state index is 9.05. The summed E-state index contributed by atoms with van der Waals surface area (Å²) in [5.41, 5.74) is 0. The number of aliphatic hydroxyl groups excluding tert-OH is 4. The zero-order valence-corrected chi connectivity index (χ0v) is 7.80. The predicted octanol–water partition coefficient (Wildman–Crippen LogP) is -2.58. The summed E-state index contributed by atoms with van der Waals surface area (Å²) in [5, 5.41) is 35.8. The average Bonchev–Trinajstić information content (AvgIpc) is 2.00. The van der Waals surface area contributed by atoms with Gasteiger partial charge < -0.3 is 0 Å². The SMILES string of the molecule is C[C@@H](O)[C@H](O)[C@H](O)[C@@H](O)C=[Se]. The molecule has 0 heterocycles. The Hall–Kier alpha value is 0.229. The van der Waals surface area contributed by atoms with Gasteiger partial charge in [0.25, 0.3) is 0 Å². The van der Waals surface area contributed by atoms with Crippen LogP contribution in [0.2, 0.25) is 0 Å². The van der Waals surface area contributed by atoms with Crippen molar-refractivity contribution in [3.05, 3.63) is 0 Å². The van der Waals surface area contributed by atoms with Gasteiger partial charge in [-0.25, -0.2) is 0 Å². The molecule has 0 saturated heterocycles. The van der Waals surface area contributed by atoms with Crippen molar-refractivity contribution in [2.24, 2.45) is 0 Å². The molecule has 0 aromatic heterocycles. The second kappa shape index (κ2) is 4.98. The van der Waals surface area contributed by atoms with Crippen molar-refractivity contribution >= 4 is 20.5 Å². The van der Waals surface area contributed by atoms with Crippen LogP contribution in [0.3, 0.4) is 0 Å². The van der Waals surface area contributed by atoms with Gasteiger partial charge in [-0.3, -0.25) is 0 Å². The van der Waals surface area contributed by atoms with E-state index in [1.54, 1.807) is 0 Å². The van der Waals surface area contributed by atoms with Crippen LogP contribution in [0.25, 0.3) is 0 Å². The average molecular weight is 227 g/mol. The van der Waals surface area contributed by atoms with E-state index in [-0.39, 0.29) is 0 Å². The van der Waals surface area contributed by atoms with Crippen LogP contribution in [0.5, 0.6) is 0 Å². The first-order chi connectivity index (χ1) is 5.00. The molecule has 0 amide bonds. The van der Waals surface area contributed by atoms with Gasteiger partial charge >= 0.3 is 72.3 Å². The number of rotatable bonds is 4. The van der Waals surface area contributed by atoms with Gasteiger partial charge in [0.1, 0.15) is 0 Å². The van der Waals surface area contributed by atoms with Crippen molar-refractivity contribution in [2.75, 3.05) is 0 Å². The van der Waals surface area contributed by atoms with Gasteiger partial charge in [-0.2, -0.15) is 0 Å². The molecule has 0 spiro atoms. The second-order valence-electron chi connectivity index (χ2n) is 2.35. The molecular weight excluding hydrogens is 215 g/mol. The fraction of sp³-hybridized carbons (Fsp3) is 0.833. The molecule has 0 fully saturated rings. The molecule has 0 aliphatic carbocycles. The second-order valence-corrected chi connectivity index (χ2v) is 2.92. The van der Waals surface area contributed by atoms with Crippen LogP contribution in [0.15, 0.2) is 0 Å². The maximum absolute atomic E-state index is 9.05. The van der Waals surface area contributed by atoms with Crippen molar-refractivity contribution < 1.29 is 20.4 Å². The van der Waals surface area contributed by atoms with Crippen LogP contribution in [0.1, 0.15) is 6.92 Å². The molecule has 11 heavy (non-hydrogen) atoms. The molecule has 0 aromatic carbocycles. The van der Waals surface area contributed by atoms with Crippen molar-refractivity contribution in [1.82, 2.24) is 0 Å². The van der Waals surface area contributed by atoms with Gasteiger partial charge in [-0.15, -0.1) is 0 Å². The van der Waals surface area contributed by atoms with Crippen LogP contribution in [-0.2, 0) is 0 Å². The van der Waals surface area contributed by atoms with Crippen LogP contribution in [0, 0.1) is 0 Å². The third-order valence-electron chi connectivity index (χ3n) is 1.33. The third kappa shape index (κ3) is 3.42. The third-order valence-corrected chi connectivity index (χ3v) is 1.92. The first-order valence-electron chi connectivity index (χ1n) is 3.18. The van der Waals surface area contributed by atoms with Crippen LogP contribution in [0.4, 0.5) is 0 Å². The van der Waals surface area contributed by atoms with Crippen LogP contribution in [-0.4, -0.2) is 65.3 Å². The summed E-state index contributed by atoms with van der Waals surface area (Å²) in [4.78, 5) is 1.22. The first kappa shape index (κ1) is 11.2. The van der Waals surface area contributed by atoms with E-state index in [0.29, 0.717) is 0 Å². The van der Waals surface area contributed by atoms with Gasteiger partial charge in [0.15, 0.2) is 0 Å². The Bertz CT molecular complexity index is 128. The minimum absolute atomic E-state index is 1.06. The zero-order chi connectivity index (χ0) is 9.02. The number of hydrogen-bond acceptors (Lipinski definition) is 4. The summed E-state index contributed by atoms with van der Waals surface area (Å²) >= 11 is 2.39. The normalized spacial score (nSPS) is 21.9. The van der Waals surface area contributed by atoms with E-state index < -0.39 is 24.4 Å². The fourth-order valence-corrected chi connectivity index (χ4v) is 0.906. The topological polar surface area (TPSA) is 80.9 Å². The Morgan fingerprint density at radius 2 is 1.55 bits per heavy atom. The molecule has 0 unspecified atom stereocenters. The van der Waals surface area contributed by atoms with Gasteiger partial charge in [-0.05, 0) is 0 Å². The van der Waals surface area contributed by atoms with Crippen molar-refractivity contribution in [1.29, 1.82) is 0 Å². The van der Waals surface area contributed by atoms with Gasteiger partial charge in [0.05, 0.1) is 0 Å². The van der Waals surface area contributed by atoms with E-state index in [2.05, 4.69) is 15.6 Å². The standard InChI is InChI=1S/C6H12O4Se/c1-3(7)5(9)6(10)4(8)2-11/h2-10H,1H3/t3-,4+,5+,6-/m1/s1. The summed E-state index contributed by atoms with van der Waals surface area (Å²) in [6.45, 7) is 1.33. The van der Waals surface area contributed by atoms with E-state index >= 15 is 0 Å². The van der Waals surface area contributed by atoms with E-state index in [9.17, 15) is 0 Å². The Morgan fingerprint density at radius 3 is 1.82 bits per heavy atom. The van der Waals surface area contributed by atoms with Gasteiger partial charge in [0.2, 0.25) is 0 Å². The molecule has 0 aromatic rings. The fourth-order valence-electron chi connectivity index (χ4n) is 0.568. The predicted molar refractivity (Wildman–Crippen MR) is 41.5 cm³/mol. The van der Waals surface area contributed by atoms with E-state index in [4.69, 9.17) is 20.4 Å². The van der Waals surface area contributed by atoms with Gasteiger partial charge in [0, 0.05) is 0 Å². The first-order valence-corrected chi connectivity index (χ1v) is 4.17. The summed E-state index contributed by atoms with van der Waals surface area (Å²) < 4.78 is 0. The molecule has 66 valence electrons. The van der Waals surface area contributed by atoms with Gasteiger partial charge in [-0.1, -0.05) is 0 Å². The molecule has 4 atom stereocenters. The minimum atomic E-state index is -1.35. The molecule has 4 N–H and O–H groups in total. The molecule has 0 aliphatic heterocycles. The molecule has 0 rings (SSSR count). The summed E-state index contributed by atoms with van der Waals surface area (Å²) in [7, 11) is 0. The van der Waals surface area contributed by atoms with Crippen LogP contribution < -0.4 is 0 Å². The zero-order valence-electron chi connectivity index (χ0n) is 6.08. The molecule has 0 saturated carbocycles. The summed E-state index contributed by atoms with van der Waals surface area (Å²) in [6.07, 6.45) is -4.88. The Balaban J connectivity index is 4.00. The number of aliphatic hydroxyl groups is 4.